The minimum Gasteiger partial charge on any atom is -0.493 e. The maximum Gasteiger partial charge on any atom is 0.224 e. The van der Waals surface area contributed by atoms with E-state index in [9.17, 15) is 4.79 Å². The molecule has 21 heavy (non-hydrogen) atoms. The Kier molecular flexibility index (Phi) is 4.66. The van der Waals surface area contributed by atoms with Crippen LogP contribution in [-0.2, 0) is 4.79 Å². The van der Waals surface area contributed by atoms with Crippen LogP contribution in [0.3, 0.4) is 0 Å². The largest absolute Gasteiger partial charge is 0.493 e. The first-order valence-corrected chi connectivity index (χ1v) is 6.63. The van der Waals surface area contributed by atoms with Gasteiger partial charge in [-0.15, -0.1) is 0 Å². The van der Waals surface area contributed by atoms with Crippen molar-refractivity contribution in [2.75, 3.05) is 18.2 Å². The molecule has 0 heterocycles. The van der Waals surface area contributed by atoms with Gasteiger partial charge in [-0.1, -0.05) is 6.92 Å². The molecule has 0 aromatic heterocycles. The number of anilines is 2. The number of ether oxygens (including phenoxy) is 2. The van der Waals surface area contributed by atoms with E-state index in [-0.39, 0.29) is 5.91 Å². The number of rotatable bonds is 5. The molecule has 2 aromatic carbocycles. The number of methoxy groups -OCH3 is 1. The number of benzene rings is 2. The summed E-state index contributed by atoms with van der Waals surface area (Å²) in [4.78, 5) is 11.3. The van der Waals surface area contributed by atoms with Gasteiger partial charge in [0.05, 0.1) is 7.11 Å². The lowest BCUT2D eigenvalue weighted by Gasteiger charge is -2.11. The van der Waals surface area contributed by atoms with Crippen LogP contribution in [0.15, 0.2) is 42.5 Å². The van der Waals surface area contributed by atoms with Crippen LogP contribution in [0.1, 0.15) is 13.3 Å². The maximum absolute atomic E-state index is 11.3. The van der Waals surface area contributed by atoms with E-state index in [1.807, 2.05) is 0 Å². The van der Waals surface area contributed by atoms with Crippen molar-refractivity contribution in [3.8, 4) is 17.2 Å². The molecule has 0 aliphatic rings. The molecule has 5 heteroatoms. The molecule has 1 amide bonds. The third kappa shape index (κ3) is 3.89. The first kappa shape index (κ1) is 14.7. The second-order valence-electron chi connectivity index (χ2n) is 4.44. The van der Waals surface area contributed by atoms with E-state index in [2.05, 4.69) is 5.32 Å². The third-order valence-corrected chi connectivity index (χ3v) is 2.87. The van der Waals surface area contributed by atoms with Gasteiger partial charge in [0, 0.05) is 23.9 Å². The van der Waals surface area contributed by atoms with E-state index in [0.29, 0.717) is 29.4 Å². The van der Waals surface area contributed by atoms with Crippen molar-refractivity contribution >= 4 is 17.3 Å². The monoisotopic (exact) mass is 286 g/mol. The van der Waals surface area contributed by atoms with Crippen LogP contribution in [-0.4, -0.2) is 13.0 Å². The molecule has 0 unspecified atom stereocenters. The molecule has 0 saturated carbocycles. The second-order valence-corrected chi connectivity index (χ2v) is 4.44. The molecule has 0 aliphatic carbocycles. The highest BCUT2D eigenvalue weighted by Gasteiger charge is 2.06. The van der Waals surface area contributed by atoms with Gasteiger partial charge in [0.25, 0.3) is 0 Å². The third-order valence-electron chi connectivity index (χ3n) is 2.87. The van der Waals surface area contributed by atoms with Gasteiger partial charge in [0.15, 0.2) is 11.5 Å². The smallest absolute Gasteiger partial charge is 0.224 e. The zero-order valence-corrected chi connectivity index (χ0v) is 12.1. The summed E-state index contributed by atoms with van der Waals surface area (Å²) >= 11 is 0. The molecule has 2 aromatic rings. The van der Waals surface area contributed by atoms with E-state index in [1.165, 1.54) is 0 Å². The fourth-order valence-electron chi connectivity index (χ4n) is 1.75. The number of amides is 1. The van der Waals surface area contributed by atoms with Crippen molar-refractivity contribution < 1.29 is 14.3 Å². The predicted octanol–water partition coefficient (Wildman–Crippen LogP) is 3.42. The fourth-order valence-corrected chi connectivity index (χ4v) is 1.75. The van der Waals surface area contributed by atoms with Crippen molar-refractivity contribution in [2.45, 2.75) is 13.3 Å². The second kappa shape index (κ2) is 6.65. The molecular weight excluding hydrogens is 268 g/mol. The van der Waals surface area contributed by atoms with Crippen molar-refractivity contribution in [3.63, 3.8) is 0 Å². The Bertz CT molecular complexity index is 624. The molecule has 2 rings (SSSR count). The van der Waals surface area contributed by atoms with Gasteiger partial charge in [-0.2, -0.15) is 0 Å². The van der Waals surface area contributed by atoms with Gasteiger partial charge >= 0.3 is 0 Å². The Morgan fingerprint density at radius 1 is 1.14 bits per heavy atom. The van der Waals surface area contributed by atoms with Gasteiger partial charge in [0.2, 0.25) is 5.91 Å². The number of carbonyl (C=O) groups excluding carboxylic acids is 1. The molecule has 3 N–H and O–H groups in total. The number of nitrogen functional groups attached to an aromatic ring is 1. The normalized spacial score (nSPS) is 10.0. The lowest BCUT2D eigenvalue weighted by Crippen LogP contribution is -2.08. The molecule has 5 nitrogen and oxygen atoms in total. The Hall–Kier alpha value is -2.69. The van der Waals surface area contributed by atoms with Crippen LogP contribution < -0.4 is 20.5 Å². The Balaban J connectivity index is 2.11. The molecule has 110 valence electrons. The molecular formula is C16H18N2O3. The molecule has 0 aliphatic heterocycles. The molecule has 0 spiro atoms. The minimum atomic E-state index is -0.0242. The van der Waals surface area contributed by atoms with Gasteiger partial charge in [-0.05, 0) is 36.4 Å². The molecule has 0 bridgehead atoms. The maximum atomic E-state index is 11.3. The summed E-state index contributed by atoms with van der Waals surface area (Å²) in [5.74, 6) is 1.77. The summed E-state index contributed by atoms with van der Waals surface area (Å²) in [6.45, 7) is 1.81. The summed E-state index contributed by atoms with van der Waals surface area (Å²) < 4.78 is 11.0. The van der Waals surface area contributed by atoms with Crippen molar-refractivity contribution in [2.24, 2.45) is 0 Å². The number of nitrogens with two attached hydrogens (primary N) is 1. The highest BCUT2D eigenvalue weighted by Crippen LogP contribution is 2.33. The molecule has 0 saturated heterocycles. The highest BCUT2D eigenvalue weighted by atomic mass is 16.5. The van der Waals surface area contributed by atoms with Crippen LogP contribution >= 0.6 is 0 Å². The zero-order valence-electron chi connectivity index (χ0n) is 12.1. The quantitative estimate of drug-likeness (QED) is 0.826. The van der Waals surface area contributed by atoms with Crippen LogP contribution in [0, 0.1) is 0 Å². The van der Waals surface area contributed by atoms with Crippen molar-refractivity contribution in [1.82, 2.24) is 0 Å². The average Bonchev–Trinajstić information content (AvgIpc) is 2.50. The summed E-state index contributed by atoms with van der Waals surface area (Å²) in [6, 6.07) is 12.3. The summed E-state index contributed by atoms with van der Waals surface area (Å²) in [7, 11) is 1.56. The lowest BCUT2D eigenvalue weighted by atomic mass is 10.2. The molecule has 0 fully saturated rings. The van der Waals surface area contributed by atoms with Crippen LogP contribution in [0.25, 0.3) is 0 Å². The van der Waals surface area contributed by atoms with Gasteiger partial charge < -0.3 is 20.5 Å². The lowest BCUT2D eigenvalue weighted by molar-refractivity contribution is -0.115. The Morgan fingerprint density at radius 3 is 2.48 bits per heavy atom. The minimum absolute atomic E-state index is 0.0242. The molecule has 0 atom stereocenters. The Labute approximate surface area is 123 Å². The number of carbonyl (C=O) groups is 1. The highest BCUT2D eigenvalue weighted by molar-refractivity contribution is 5.90. The topological polar surface area (TPSA) is 73.6 Å². The predicted molar refractivity (Wildman–Crippen MR) is 82.8 cm³/mol. The Morgan fingerprint density at radius 2 is 1.86 bits per heavy atom. The van der Waals surface area contributed by atoms with E-state index < -0.39 is 0 Å². The van der Waals surface area contributed by atoms with Gasteiger partial charge in [-0.3, -0.25) is 4.79 Å². The average molecular weight is 286 g/mol. The first-order chi connectivity index (χ1) is 10.1. The number of nitrogens with one attached hydrogen (secondary N) is 1. The van der Waals surface area contributed by atoms with Crippen LogP contribution in [0.4, 0.5) is 11.4 Å². The van der Waals surface area contributed by atoms with Gasteiger partial charge in [0.1, 0.15) is 5.75 Å². The van der Waals surface area contributed by atoms with E-state index in [0.717, 1.165) is 5.69 Å². The number of hydrogen-bond donors (Lipinski definition) is 2. The standard InChI is InChI=1S/C16H18N2O3/c1-3-16(19)18-12-5-7-13(8-6-12)21-14-9-4-11(17)10-15(14)20-2/h4-10H,3,17H2,1-2H3,(H,18,19). The first-order valence-electron chi connectivity index (χ1n) is 6.63. The van der Waals surface area contributed by atoms with Gasteiger partial charge in [-0.25, -0.2) is 0 Å². The fraction of sp³-hybridized carbons (Fsp3) is 0.188. The van der Waals surface area contributed by atoms with Crippen molar-refractivity contribution in [1.29, 1.82) is 0 Å². The van der Waals surface area contributed by atoms with E-state index >= 15 is 0 Å². The zero-order chi connectivity index (χ0) is 15.2. The van der Waals surface area contributed by atoms with Crippen molar-refractivity contribution in [3.05, 3.63) is 42.5 Å². The summed E-state index contributed by atoms with van der Waals surface area (Å²) in [5.41, 5.74) is 7.04. The molecule has 0 radical (unpaired) electrons. The van der Waals surface area contributed by atoms with Crippen LogP contribution in [0.5, 0.6) is 17.2 Å². The summed E-state index contributed by atoms with van der Waals surface area (Å²) in [5, 5.41) is 2.78. The number of hydrogen-bond acceptors (Lipinski definition) is 4. The van der Waals surface area contributed by atoms with Crippen LogP contribution in [0.2, 0.25) is 0 Å². The van der Waals surface area contributed by atoms with E-state index in [4.69, 9.17) is 15.2 Å². The van der Waals surface area contributed by atoms with E-state index in [1.54, 1.807) is 56.5 Å². The SMILES string of the molecule is CCC(=O)Nc1ccc(Oc2ccc(N)cc2OC)cc1. The summed E-state index contributed by atoms with van der Waals surface area (Å²) in [6.07, 6.45) is 0.445.